The molecular formula is C9H18N2. The largest absolute Gasteiger partial charge is 0.335 e. The van der Waals surface area contributed by atoms with Gasteiger partial charge >= 0.3 is 0 Å². The average Bonchev–Trinajstić information content (AvgIpc) is 2.37. The summed E-state index contributed by atoms with van der Waals surface area (Å²) in [6.07, 6.45) is 2.99. The summed E-state index contributed by atoms with van der Waals surface area (Å²) in [7, 11) is 2.04. The molecule has 0 aromatic carbocycles. The Balaban J connectivity index is 0.000000461. The van der Waals surface area contributed by atoms with Crippen LogP contribution in [0.4, 0.5) is 0 Å². The van der Waals surface area contributed by atoms with Gasteiger partial charge in [0.1, 0.15) is 5.82 Å². The molecular weight excluding hydrogens is 136 g/mol. The standard InChI is InChI=1S/C7H12N2.C2H6/c1-4-7-5-8-6(2)9(7)3;1-2/h5H,4H2,1-3H3;1-2H3. The molecule has 2 nitrogen and oxygen atoms in total. The number of hydrogen-bond donors (Lipinski definition) is 0. The van der Waals surface area contributed by atoms with Crippen molar-refractivity contribution < 1.29 is 0 Å². The van der Waals surface area contributed by atoms with Crippen LogP contribution in [0.5, 0.6) is 0 Å². The molecule has 0 radical (unpaired) electrons. The zero-order chi connectivity index (χ0) is 8.85. The Labute approximate surface area is 69.3 Å². The molecule has 1 rings (SSSR count). The minimum atomic E-state index is 1.07. The van der Waals surface area contributed by atoms with Crippen molar-refractivity contribution >= 4 is 0 Å². The molecule has 0 unspecified atom stereocenters. The second kappa shape index (κ2) is 4.94. The molecule has 11 heavy (non-hydrogen) atoms. The normalized spacial score (nSPS) is 8.82. The van der Waals surface area contributed by atoms with Gasteiger partial charge in [0.2, 0.25) is 0 Å². The summed E-state index contributed by atoms with van der Waals surface area (Å²) in [5.41, 5.74) is 1.30. The molecule has 0 aliphatic rings. The molecule has 0 aliphatic carbocycles. The monoisotopic (exact) mass is 154 g/mol. The van der Waals surface area contributed by atoms with Crippen LogP contribution in [0.15, 0.2) is 6.20 Å². The predicted octanol–water partition coefficient (Wildman–Crippen LogP) is 2.32. The van der Waals surface area contributed by atoms with Crippen LogP contribution < -0.4 is 0 Å². The lowest BCUT2D eigenvalue weighted by Crippen LogP contribution is -1.95. The van der Waals surface area contributed by atoms with Crippen molar-refractivity contribution in [2.75, 3.05) is 0 Å². The number of aryl methyl sites for hydroxylation is 2. The molecule has 0 atom stereocenters. The van der Waals surface area contributed by atoms with Crippen molar-refractivity contribution in [2.24, 2.45) is 7.05 Å². The van der Waals surface area contributed by atoms with Crippen molar-refractivity contribution in [3.63, 3.8) is 0 Å². The van der Waals surface area contributed by atoms with Gasteiger partial charge in [-0.3, -0.25) is 0 Å². The molecule has 2 heteroatoms. The van der Waals surface area contributed by atoms with Gasteiger partial charge in [-0.2, -0.15) is 0 Å². The van der Waals surface area contributed by atoms with E-state index in [1.54, 1.807) is 0 Å². The molecule has 1 aromatic heterocycles. The van der Waals surface area contributed by atoms with E-state index in [1.807, 2.05) is 34.0 Å². The number of nitrogens with zero attached hydrogens (tertiary/aromatic N) is 2. The Morgan fingerprint density at radius 1 is 1.45 bits per heavy atom. The van der Waals surface area contributed by atoms with E-state index in [-0.39, 0.29) is 0 Å². The van der Waals surface area contributed by atoms with Gasteiger partial charge in [-0.1, -0.05) is 20.8 Å². The van der Waals surface area contributed by atoms with E-state index >= 15 is 0 Å². The van der Waals surface area contributed by atoms with Crippen LogP contribution in [0.25, 0.3) is 0 Å². The first kappa shape index (κ1) is 10.2. The quantitative estimate of drug-likeness (QED) is 0.607. The molecule has 0 saturated heterocycles. The Bertz CT molecular complexity index is 201. The molecule has 0 amide bonds. The van der Waals surface area contributed by atoms with Crippen LogP contribution in [0, 0.1) is 6.92 Å². The van der Waals surface area contributed by atoms with Crippen LogP contribution in [-0.2, 0) is 13.5 Å². The maximum Gasteiger partial charge on any atom is 0.105 e. The van der Waals surface area contributed by atoms with Crippen LogP contribution in [-0.4, -0.2) is 9.55 Å². The zero-order valence-electron chi connectivity index (χ0n) is 8.18. The van der Waals surface area contributed by atoms with Gasteiger partial charge in [0.15, 0.2) is 0 Å². The van der Waals surface area contributed by atoms with Gasteiger partial charge in [-0.15, -0.1) is 0 Å². The average molecular weight is 154 g/mol. The van der Waals surface area contributed by atoms with Crippen LogP contribution >= 0.6 is 0 Å². The summed E-state index contributed by atoms with van der Waals surface area (Å²) in [4.78, 5) is 4.15. The molecule has 0 saturated carbocycles. The van der Waals surface area contributed by atoms with Crippen LogP contribution in [0.3, 0.4) is 0 Å². The highest BCUT2D eigenvalue weighted by molar-refractivity contribution is 5.02. The molecule has 0 spiro atoms. The van der Waals surface area contributed by atoms with Crippen LogP contribution in [0.1, 0.15) is 32.3 Å². The van der Waals surface area contributed by atoms with Gasteiger partial charge < -0.3 is 4.57 Å². The summed E-state index contributed by atoms with van der Waals surface area (Å²) in [5, 5.41) is 0. The minimum Gasteiger partial charge on any atom is -0.335 e. The predicted molar refractivity (Wildman–Crippen MR) is 48.7 cm³/mol. The second-order valence-corrected chi connectivity index (χ2v) is 2.21. The lowest BCUT2D eigenvalue weighted by molar-refractivity contribution is 0.797. The smallest absolute Gasteiger partial charge is 0.105 e. The Morgan fingerprint density at radius 2 is 2.00 bits per heavy atom. The zero-order valence-corrected chi connectivity index (χ0v) is 8.18. The fraction of sp³-hybridized carbons (Fsp3) is 0.667. The van der Waals surface area contributed by atoms with Gasteiger partial charge in [0.05, 0.1) is 0 Å². The summed E-state index contributed by atoms with van der Waals surface area (Å²) >= 11 is 0. The first-order valence-electron chi connectivity index (χ1n) is 4.23. The van der Waals surface area contributed by atoms with Gasteiger partial charge in [-0.05, 0) is 13.3 Å². The highest BCUT2D eigenvalue weighted by atomic mass is 15.0. The Hall–Kier alpha value is -0.790. The van der Waals surface area contributed by atoms with Gasteiger partial charge in [-0.25, -0.2) is 4.98 Å². The van der Waals surface area contributed by atoms with Crippen molar-refractivity contribution in [1.82, 2.24) is 9.55 Å². The number of aromatic nitrogens is 2. The number of hydrogen-bond acceptors (Lipinski definition) is 1. The number of imidazole rings is 1. The third-order valence-corrected chi connectivity index (χ3v) is 1.68. The van der Waals surface area contributed by atoms with E-state index in [0.717, 1.165) is 12.2 Å². The van der Waals surface area contributed by atoms with E-state index in [1.165, 1.54) is 5.69 Å². The first-order chi connectivity index (χ1) is 5.25. The minimum absolute atomic E-state index is 1.07. The molecule has 0 fully saturated rings. The molecule has 0 bridgehead atoms. The van der Waals surface area contributed by atoms with E-state index in [4.69, 9.17) is 0 Å². The highest BCUT2D eigenvalue weighted by Gasteiger charge is 1.96. The van der Waals surface area contributed by atoms with E-state index in [2.05, 4.69) is 16.5 Å². The van der Waals surface area contributed by atoms with Crippen molar-refractivity contribution in [1.29, 1.82) is 0 Å². The van der Waals surface area contributed by atoms with Crippen molar-refractivity contribution in [3.05, 3.63) is 17.7 Å². The fourth-order valence-corrected chi connectivity index (χ4v) is 0.877. The lowest BCUT2D eigenvalue weighted by atomic mass is 10.4. The SMILES string of the molecule is CC.CCc1cnc(C)n1C. The Kier molecular flexibility index (Phi) is 4.59. The third kappa shape index (κ3) is 2.37. The Morgan fingerprint density at radius 3 is 2.18 bits per heavy atom. The molecule has 64 valence electrons. The van der Waals surface area contributed by atoms with Gasteiger partial charge in [0.25, 0.3) is 0 Å². The maximum atomic E-state index is 4.15. The molecule has 1 heterocycles. The molecule has 1 aromatic rings. The fourth-order valence-electron chi connectivity index (χ4n) is 0.877. The van der Waals surface area contributed by atoms with Crippen molar-refractivity contribution in [2.45, 2.75) is 34.1 Å². The van der Waals surface area contributed by atoms with E-state index < -0.39 is 0 Å². The van der Waals surface area contributed by atoms with E-state index in [0.29, 0.717) is 0 Å². The molecule has 0 N–H and O–H groups in total. The van der Waals surface area contributed by atoms with Gasteiger partial charge in [0, 0.05) is 18.9 Å². The lowest BCUT2D eigenvalue weighted by Gasteiger charge is -1.97. The third-order valence-electron chi connectivity index (χ3n) is 1.68. The van der Waals surface area contributed by atoms with Crippen LogP contribution in [0.2, 0.25) is 0 Å². The maximum absolute atomic E-state index is 4.15. The van der Waals surface area contributed by atoms with E-state index in [9.17, 15) is 0 Å². The number of rotatable bonds is 1. The summed E-state index contributed by atoms with van der Waals surface area (Å²) in [6.45, 7) is 8.15. The van der Waals surface area contributed by atoms with Crippen molar-refractivity contribution in [3.8, 4) is 0 Å². The summed E-state index contributed by atoms with van der Waals surface area (Å²) in [5.74, 6) is 1.09. The summed E-state index contributed by atoms with van der Waals surface area (Å²) in [6, 6.07) is 0. The molecule has 0 aliphatic heterocycles. The summed E-state index contributed by atoms with van der Waals surface area (Å²) < 4.78 is 2.11. The topological polar surface area (TPSA) is 17.8 Å². The highest BCUT2D eigenvalue weighted by Crippen LogP contribution is 2.00. The second-order valence-electron chi connectivity index (χ2n) is 2.21. The first-order valence-corrected chi connectivity index (χ1v) is 4.23.